The van der Waals surface area contributed by atoms with Gasteiger partial charge in [-0.2, -0.15) is 0 Å². The first-order valence-corrected chi connectivity index (χ1v) is 13.4. The lowest BCUT2D eigenvalue weighted by Crippen LogP contribution is -2.49. The summed E-state index contributed by atoms with van der Waals surface area (Å²) in [5, 5.41) is 0. The smallest absolute Gasteiger partial charge is 0.320 e. The Hall–Kier alpha value is -2.24. The first-order valence-electron chi connectivity index (χ1n) is 13.4. The molecule has 0 saturated carbocycles. The van der Waals surface area contributed by atoms with Gasteiger partial charge in [0.1, 0.15) is 16.8 Å². The molecule has 0 aromatic heterocycles. The van der Waals surface area contributed by atoms with Gasteiger partial charge in [0, 0.05) is 52.4 Å². The number of amides is 1. The van der Waals surface area contributed by atoms with Crippen LogP contribution in [0.4, 0.5) is 0 Å². The van der Waals surface area contributed by atoms with Crippen LogP contribution in [0.15, 0.2) is 0 Å². The summed E-state index contributed by atoms with van der Waals surface area (Å²) in [7, 11) is 0. The third-order valence-corrected chi connectivity index (χ3v) is 5.34. The van der Waals surface area contributed by atoms with Gasteiger partial charge in [0.05, 0.1) is 19.6 Å². The summed E-state index contributed by atoms with van der Waals surface area (Å²) in [4.78, 5) is 56.9. The lowest BCUT2D eigenvalue weighted by Gasteiger charge is -2.33. The third kappa shape index (κ3) is 16.6. The highest BCUT2D eigenvalue weighted by molar-refractivity contribution is 5.73. The van der Waals surface area contributed by atoms with Crippen LogP contribution in [0.3, 0.4) is 0 Å². The average Bonchev–Trinajstić information content (AvgIpc) is 2.69. The van der Waals surface area contributed by atoms with Gasteiger partial charge in [-0.25, -0.2) is 0 Å². The van der Waals surface area contributed by atoms with Crippen molar-refractivity contribution in [1.29, 1.82) is 0 Å². The number of rotatable bonds is 7. The normalized spacial score (nSPS) is 18.2. The number of carbonyl (C=O) groups is 4. The molecule has 1 saturated heterocycles. The van der Waals surface area contributed by atoms with E-state index < -0.39 is 16.8 Å². The van der Waals surface area contributed by atoms with E-state index in [2.05, 4.69) is 0 Å². The Morgan fingerprint density at radius 1 is 0.526 bits per heavy atom. The number of carbonyl (C=O) groups excluding carboxylic acids is 4. The highest BCUT2D eigenvalue weighted by atomic mass is 16.6. The molecule has 0 unspecified atom stereocenters. The molecule has 1 aliphatic rings. The fourth-order valence-corrected chi connectivity index (χ4v) is 3.80. The third-order valence-electron chi connectivity index (χ3n) is 5.34. The Bertz CT molecular complexity index is 738. The van der Waals surface area contributed by atoms with Gasteiger partial charge in [0.15, 0.2) is 0 Å². The summed E-state index contributed by atoms with van der Waals surface area (Å²) < 4.78 is 16.5. The van der Waals surface area contributed by atoms with Crippen LogP contribution < -0.4 is 0 Å². The molecule has 220 valence electrons. The quantitative estimate of drug-likeness (QED) is 0.266. The molecular formula is C27H50N4O7. The van der Waals surface area contributed by atoms with Crippen molar-refractivity contribution in [3.05, 3.63) is 0 Å². The van der Waals surface area contributed by atoms with Gasteiger partial charge < -0.3 is 19.1 Å². The van der Waals surface area contributed by atoms with Crippen molar-refractivity contribution in [3.63, 3.8) is 0 Å². The van der Waals surface area contributed by atoms with E-state index in [0.717, 1.165) is 6.41 Å². The lowest BCUT2D eigenvalue weighted by atomic mass is 10.2. The van der Waals surface area contributed by atoms with Crippen LogP contribution in [0.1, 0.15) is 62.3 Å². The molecule has 0 radical (unpaired) electrons. The van der Waals surface area contributed by atoms with E-state index in [1.807, 2.05) is 77.0 Å². The fourth-order valence-electron chi connectivity index (χ4n) is 3.80. The molecule has 0 bridgehead atoms. The van der Waals surface area contributed by atoms with Crippen molar-refractivity contribution in [2.45, 2.75) is 79.1 Å². The first kappa shape index (κ1) is 33.8. The second kappa shape index (κ2) is 14.8. The van der Waals surface area contributed by atoms with E-state index in [1.165, 1.54) is 0 Å². The Morgan fingerprint density at radius 3 is 0.974 bits per heavy atom. The van der Waals surface area contributed by atoms with Crippen LogP contribution >= 0.6 is 0 Å². The van der Waals surface area contributed by atoms with E-state index in [-0.39, 0.29) is 37.5 Å². The van der Waals surface area contributed by atoms with E-state index in [0.29, 0.717) is 52.4 Å². The maximum Gasteiger partial charge on any atom is 0.320 e. The molecule has 1 aliphatic heterocycles. The van der Waals surface area contributed by atoms with Gasteiger partial charge in [-0.1, -0.05) is 0 Å². The molecule has 11 nitrogen and oxygen atoms in total. The molecule has 1 heterocycles. The van der Waals surface area contributed by atoms with Crippen LogP contribution in [0.25, 0.3) is 0 Å². The summed E-state index contributed by atoms with van der Waals surface area (Å²) in [6.45, 7) is 20.3. The minimum atomic E-state index is -0.604. The molecule has 1 amide bonds. The van der Waals surface area contributed by atoms with Crippen molar-refractivity contribution in [2.24, 2.45) is 0 Å². The standard InChI is InChI=1S/C27H50N4O7/c1-25(2,3)36-22(33)18-28-10-12-29(19-23(34)37-26(4,5)6)14-16-31(21-32)17-15-30(13-11-28)20-24(35)38-27(7,8)9/h21H,10-20H2,1-9H3. The Labute approximate surface area is 228 Å². The van der Waals surface area contributed by atoms with Crippen molar-refractivity contribution in [2.75, 3.05) is 72.0 Å². The van der Waals surface area contributed by atoms with Gasteiger partial charge in [0.25, 0.3) is 0 Å². The molecule has 0 aliphatic carbocycles. The van der Waals surface area contributed by atoms with Gasteiger partial charge in [0.2, 0.25) is 6.41 Å². The van der Waals surface area contributed by atoms with Crippen molar-refractivity contribution in [3.8, 4) is 0 Å². The highest BCUT2D eigenvalue weighted by Gasteiger charge is 2.25. The molecule has 0 atom stereocenters. The van der Waals surface area contributed by atoms with E-state index in [9.17, 15) is 19.2 Å². The zero-order valence-electron chi connectivity index (χ0n) is 25.0. The van der Waals surface area contributed by atoms with E-state index >= 15 is 0 Å². The predicted octanol–water partition coefficient (Wildman–Crippen LogP) is 1.39. The zero-order valence-corrected chi connectivity index (χ0v) is 25.0. The SMILES string of the molecule is CC(C)(C)OC(=O)CN1CCN(C=O)CCN(CC(=O)OC(C)(C)C)CCN(CC(=O)OC(C)(C)C)CC1. The summed E-state index contributed by atoms with van der Waals surface area (Å²) in [6, 6.07) is 0. The molecule has 11 heteroatoms. The molecule has 0 aromatic carbocycles. The predicted molar refractivity (Wildman–Crippen MR) is 144 cm³/mol. The highest BCUT2D eigenvalue weighted by Crippen LogP contribution is 2.11. The zero-order chi connectivity index (χ0) is 29.1. The van der Waals surface area contributed by atoms with Crippen LogP contribution in [0.5, 0.6) is 0 Å². The van der Waals surface area contributed by atoms with Crippen LogP contribution in [-0.4, -0.2) is 133 Å². The number of esters is 3. The molecule has 0 N–H and O–H groups in total. The number of ether oxygens (including phenoxy) is 3. The fraction of sp³-hybridized carbons (Fsp3) is 0.852. The van der Waals surface area contributed by atoms with Gasteiger partial charge in [-0.05, 0) is 62.3 Å². The molecule has 38 heavy (non-hydrogen) atoms. The monoisotopic (exact) mass is 542 g/mol. The van der Waals surface area contributed by atoms with E-state index in [1.54, 1.807) is 4.90 Å². The lowest BCUT2D eigenvalue weighted by molar-refractivity contribution is -0.158. The van der Waals surface area contributed by atoms with Crippen LogP contribution in [0, 0.1) is 0 Å². The minimum absolute atomic E-state index is 0.0784. The molecule has 1 fully saturated rings. The maximum absolute atomic E-state index is 12.6. The molecule has 1 rings (SSSR count). The van der Waals surface area contributed by atoms with Gasteiger partial charge in [-0.15, -0.1) is 0 Å². The van der Waals surface area contributed by atoms with Gasteiger partial charge >= 0.3 is 17.9 Å². The molecule has 0 spiro atoms. The summed E-state index contributed by atoms with van der Waals surface area (Å²) in [5.74, 6) is -1.02. The molecular weight excluding hydrogens is 492 g/mol. The molecule has 0 aromatic rings. The summed E-state index contributed by atoms with van der Waals surface area (Å²) >= 11 is 0. The Balaban J connectivity index is 3.04. The summed E-state index contributed by atoms with van der Waals surface area (Å²) in [6.07, 6.45) is 0.790. The topological polar surface area (TPSA) is 109 Å². The summed E-state index contributed by atoms with van der Waals surface area (Å²) in [5.41, 5.74) is -1.80. The maximum atomic E-state index is 12.6. The second-order valence-electron chi connectivity index (χ2n) is 12.7. The van der Waals surface area contributed by atoms with Crippen LogP contribution in [-0.2, 0) is 33.4 Å². The van der Waals surface area contributed by atoms with Crippen molar-refractivity contribution >= 4 is 24.3 Å². The van der Waals surface area contributed by atoms with E-state index in [4.69, 9.17) is 14.2 Å². The minimum Gasteiger partial charge on any atom is -0.459 e. The van der Waals surface area contributed by atoms with Crippen molar-refractivity contribution < 1.29 is 33.4 Å². The Morgan fingerprint density at radius 2 is 0.763 bits per heavy atom. The first-order chi connectivity index (χ1) is 17.3. The number of hydrogen-bond acceptors (Lipinski definition) is 10. The number of hydrogen-bond donors (Lipinski definition) is 0. The largest absolute Gasteiger partial charge is 0.459 e. The number of nitrogens with zero attached hydrogens (tertiary/aromatic N) is 4. The second-order valence-corrected chi connectivity index (χ2v) is 12.7. The van der Waals surface area contributed by atoms with Crippen molar-refractivity contribution in [1.82, 2.24) is 19.6 Å². The average molecular weight is 543 g/mol. The van der Waals surface area contributed by atoms with Gasteiger partial charge in [-0.3, -0.25) is 33.9 Å². The van der Waals surface area contributed by atoms with Crippen LogP contribution in [0.2, 0.25) is 0 Å². The Kier molecular flexibility index (Phi) is 13.1.